The van der Waals surface area contributed by atoms with E-state index in [1.807, 2.05) is 0 Å². The third-order valence-electron chi connectivity index (χ3n) is 3.42. The van der Waals surface area contributed by atoms with Crippen LogP contribution in [0.25, 0.3) is 0 Å². The van der Waals surface area contributed by atoms with E-state index in [1.165, 1.54) is 6.20 Å². The van der Waals surface area contributed by atoms with Gasteiger partial charge < -0.3 is 0 Å². The summed E-state index contributed by atoms with van der Waals surface area (Å²) >= 11 is -0.944. The Labute approximate surface area is 136 Å². The van der Waals surface area contributed by atoms with Crippen molar-refractivity contribution in [3.05, 3.63) is 32.6 Å². The average Bonchev–Trinajstić information content (AvgIpc) is 2.77. The summed E-state index contributed by atoms with van der Waals surface area (Å²) in [5.41, 5.74) is -1.23. The maximum atomic E-state index is 11.9. The van der Waals surface area contributed by atoms with E-state index in [9.17, 15) is 24.6 Å². The molecule has 11 heteroatoms. The fraction of sp³-hybridized carbons (Fsp3) is 0.583. The van der Waals surface area contributed by atoms with Crippen LogP contribution in [0.4, 0.5) is 0 Å². The summed E-state index contributed by atoms with van der Waals surface area (Å²) < 4.78 is 6.18. The SMILES string of the molecule is O=C(O)C[AsH]Cc1cn([C@@H]2O[C@H](CO)[C@@H](O)[C@H]2O)c(=O)[nH]c1=O. The minimum atomic E-state index is -1.45. The Morgan fingerprint density at radius 2 is 2.04 bits per heavy atom. The number of carboxylic acids is 1. The van der Waals surface area contributed by atoms with Crippen molar-refractivity contribution in [2.24, 2.45) is 0 Å². The van der Waals surface area contributed by atoms with Crippen LogP contribution < -0.4 is 11.2 Å². The normalized spacial score (nSPS) is 27.8. The molecule has 128 valence electrons. The van der Waals surface area contributed by atoms with Crippen molar-refractivity contribution >= 4 is 21.7 Å². The monoisotopic (exact) mass is 392 g/mol. The zero-order valence-corrected chi connectivity index (χ0v) is 14.0. The second-order valence-electron chi connectivity index (χ2n) is 5.05. The third-order valence-corrected chi connectivity index (χ3v) is 5.91. The summed E-state index contributed by atoms with van der Waals surface area (Å²) in [5.74, 6) is -0.946. The number of H-pyrrole nitrogens is 1. The van der Waals surface area contributed by atoms with E-state index in [1.54, 1.807) is 0 Å². The second-order valence-corrected chi connectivity index (χ2v) is 7.58. The molecular formula is C12H17AsN2O8. The molecule has 5 N–H and O–H groups in total. The van der Waals surface area contributed by atoms with Gasteiger partial charge in [-0.05, 0) is 0 Å². The van der Waals surface area contributed by atoms with Crippen molar-refractivity contribution in [3.8, 4) is 0 Å². The van der Waals surface area contributed by atoms with Gasteiger partial charge in [0.15, 0.2) is 0 Å². The van der Waals surface area contributed by atoms with Gasteiger partial charge in [0.2, 0.25) is 0 Å². The zero-order chi connectivity index (χ0) is 17.1. The fourth-order valence-electron chi connectivity index (χ4n) is 2.26. The standard InChI is InChI=1S/C12H17AsN2O8/c16-4-6-8(19)9(20)11(23-6)15-3-5(1-13-2-7(17)18)10(21)14-12(15)22/h3,6,8-9,11,13,16,19-20H,1-2,4H2,(H,17,18)(H,14,21,22)/t6-,8-,9-,11-/m1/s1. The number of rotatable bonds is 6. The summed E-state index contributed by atoms with van der Waals surface area (Å²) in [6, 6.07) is 0. The molecule has 5 atom stereocenters. The van der Waals surface area contributed by atoms with Gasteiger partial charge in [-0.25, -0.2) is 0 Å². The van der Waals surface area contributed by atoms with Gasteiger partial charge in [0, 0.05) is 0 Å². The number of hydrogen-bond donors (Lipinski definition) is 5. The van der Waals surface area contributed by atoms with E-state index >= 15 is 0 Å². The predicted octanol–water partition coefficient (Wildman–Crippen LogP) is -3.41. The fourth-order valence-corrected chi connectivity index (χ4v) is 4.06. The summed E-state index contributed by atoms with van der Waals surface area (Å²) in [5, 5.41) is 37.6. The van der Waals surface area contributed by atoms with Crippen molar-refractivity contribution in [1.82, 2.24) is 9.55 Å². The molecule has 0 bridgehead atoms. The Hall–Kier alpha value is -1.45. The topological polar surface area (TPSA) is 162 Å². The number of nitrogens with one attached hydrogen (secondary N) is 1. The summed E-state index contributed by atoms with van der Waals surface area (Å²) in [6.07, 6.45) is -3.90. The molecule has 1 aromatic heterocycles. The maximum absolute atomic E-state index is 11.9. The van der Waals surface area contributed by atoms with Gasteiger partial charge in [0.25, 0.3) is 0 Å². The number of nitrogens with zero attached hydrogens (tertiary/aromatic N) is 1. The first-order valence-corrected chi connectivity index (χ1v) is 9.71. The van der Waals surface area contributed by atoms with E-state index in [2.05, 4.69) is 4.98 Å². The second kappa shape index (κ2) is 7.41. The van der Waals surface area contributed by atoms with Crippen LogP contribution in [0.3, 0.4) is 0 Å². The van der Waals surface area contributed by atoms with Crippen LogP contribution in [0.2, 0.25) is 5.21 Å². The molecule has 1 aromatic rings. The van der Waals surface area contributed by atoms with Crippen molar-refractivity contribution in [2.45, 2.75) is 35.0 Å². The van der Waals surface area contributed by atoms with Crippen LogP contribution in [0, 0.1) is 0 Å². The van der Waals surface area contributed by atoms with Gasteiger partial charge in [0.05, 0.1) is 0 Å². The first-order chi connectivity index (χ1) is 10.8. The number of carboxylic acid groups (broad SMARTS) is 1. The number of ether oxygens (including phenoxy) is 1. The third kappa shape index (κ3) is 3.91. The molecular weight excluding hydrogens is 375 g/mol. The van der Waals surface area contributed by atoms with Crippen molar-refractivity contribution < 1.29 is 30.0 Å². The number of aliphatic hydroxyl groups is 3. The van der Waals surface area contributed by atoms with Crippen LogP contribution in [-0.2, 0) is 14.7 Å². The Balaban J connectivity index is 2.27. The molecule has 0 spiro atoms. The number of aliphatic hydroxyl groups excluding tert-OH is 3. The van der Waals surface area contributed by atoms with E-state index in [4.69, 9.17) is 14.9 Å². The predicted molar refractivity (Wildman–Crippen MR) is 77.6 cm³/mol. The van der Waals surface area contributed by atoms with E-state index in [-0.39, 0.29) is 16.0 Å². The van der Waals surface area contributed by atoms with Gasteiger partial charge in [-0.15, -0.1) is 0 Å². The molecule has 1 fully saturated rings. The van der Waals surface area contributed by atoms with Crippen LogP contribution >= 0.6 is 0 Å². The van der Waals surface area contributed by atoms with E-state index < -0.39 is 64.1 Å². The molecule has 0 aromatic carbocycles. The molecule has 1 aliphatic heterocycles. The van der Waals surface area contributed by atoms with E-state index in [0.717, 1.165) is 4.57 Å². The Morgan fingerprint density at radius 3 is 2.61 bits per heavy atom. The molecule has 1 unspecified atom stereocenters. The van der Waals surface area contributed by atoms with Crippen molar-refractivity contribution in [2.75, 3.05) is 6.61 Å². The molecule has 0 radical (unpaired) electrons. The molecule has 2 rings (SSSR count). The molecule has 10 nitrogen and oxygen atoms in total. The number of aromatic amines is 1. The minimum absolute atomic E-state index is 0.00752. The number of aromatic nitrogens is 2. The molecule has 1 aliphatic rings. The number of carbonyl (C=O) groups is 1. The first-order valence-electron chi connectivity index (χ1n) is 6.74. The molecule has 0 aliphatic carbocycles. The van der Waals surface area contributed by atoms with E-state index in [0.29, 0.717) is 0 Å². The Bertz CT molecular complexity index is 686. The van der Waals surface area contributed by atoms with Gasteiger partial charge in [-0.3, -0.25) is 0 Å². The zero-order valence-electron chi connectivity index (χ0n) is 11.9. The van der Waals surface area contributed by atoms with Crippen LogP contribution in [-0.4, -0.2) is 76.6 Å². The molecule has 2 heterocycles. The van der Waals surface area contributed by atoms with Gasteiger partial charge in [-0.2, -0.15) is 0 Å². The average molecular weight is 392 g/mol. The number of aliphatic carboxylic acids is 1. The van der Waals surface area contributed by atoms with Crippen LogP contribution in [0.5, 0.6) is 0 Å². The first kappa shape index (κ1) is 17.9. The molecule has 23 heavy (non-hydrogen) atoms. The van der Waals surface area contributed by atoms with Crippen molar-refractivity contribution in [3.63, 3.8) is 0 Å². The Kier molecular flexibility index (Phi) is 5.77. The van der Waals surface area contributed by atoms with Gasteiger partial charge >= 0.3 is 135 Å². The summed E-state index contributed by atoms with van der Waals surface area (Å²) in [7, 11) is 0. The van der Waals surface area contributed by atoms with Gasteiger partial charge in [0.1, 0.15) is 0 Å². The van der Waals surface area contributed by atoms with Crippen molar-refractivity contribution in [1.29, 1.82) is 0 Å². The summed E-state index contributed by atoms with van der Waals surface area (Å²) in [6.45, 7) is -0.537. The van der Waals surface area contributed by atoms with Crippen LogP contribution in [0.15, 0.2) is 15.8 Å². The Morgan fingerprint density at radius 1 is 1.35 bits per heavy atom. The quantitative estimate of drug-likeness (QED) is 0.313. The molecule has 1 saturated heterocycles. The number of hydrogen-bond acceptors (Lipinski definition) is 7. The molecule has 0 amide bonds. The summed E-state index contributed by atoms with van der Waals surface area (Å²) in [4.78, 5) is 36.3. The van der Waals surface area contributed by atoms with Crippen LogP contribution in [0.1, 0.15) is 11.8 Å². The molecule has 0 saturated carbocycles. The van der Waals surface area contributed by atoms with Gasteiger partial charge in [-0.1, -0.05) is 0 Å².